The van der Waals surface area contributed by atoms with E-state index in [0.717, 1.165) is 0 Å². The molecule has 3 heterocycles. The molecule has 2 aliphatic rings. The standard InChI is InChI=1S/C26H20N2/c1-18-13-14-22-25(16-18)27-15-7-12-23(27)26-21-11-6-5-10-20(21)17-24(28(22)26)19-8-3-2-4-9-19/h2-17,26H,1H3. The summed E-state index contributed by atoms with van der Waals surface area (Å²) in [4.78, 5) is 2.52. The van der Waals surface area contributed by atoms with Crippen LogP contribution in [0.5, 0.6) is 0 Å². The van der Waals surface area contributed by atoms with E-state index in [1.54, 1.807) is 0 Å². The molecule has 1 atom stereocenters. The molecule has 6 rings (SSSR count). The van der Waals surface area contributed by atoms with Crippen LogP contribution in [-0.2, 0) is 0 Å². The zero-order chi connectivity index (χ0) is 18.7. The van der Waals surface area contributed by atoms with Gasteiger partial charge < -0.3 is 9.47 Å². The molecule has 4 aromatic rings. The summed E-state index contributed by atoms with van der Waals surface area (Å²) in [7, 11) is 0. The minimum absolute atomic E-state index is 0.168. The highest BCUT2D eigenvalue weighted by molar-refractivity contribution is 5.97. The summed E-state index contributed by atoms with van der Waals surface area (Å²) in [5, 5.41) is 0. The third-order valence-electron chi connectivity index (χ3n) is 5.88. The number of benzene rings is 3. The van der Waals surface area contributed by atoms with Crippen LogP contribution in [0.1, 0.15) is 34.0 Å². The lowest BCUT2D eigenvalue weighted by Gasteiger charge is -2.44. The molecule has 3 aromatic carbocycles. The van der Waals surface area contributed by atoms with Gasteiger partial charge in [0.05, 0.1) is 22.8 Å². The molecule has 2 nitrogen and oxygen atoms in total. The Morgan fingerprint density at radius 1 is 0.750 bits per heavy atom. The Kier molecular flexibility index (Phi) is 3.18. The number of rotatable bonds is 1. The lowest BCUT2D eigenvalue weighted by atomic mass is 9.87. The SMILES string of the molecule is Cc1ccc2c(c1)-n1cccc1C1c3ccccc3C=C(c3ccccc3)N21. The van der Waals surface area contributed by atoms with Gasteiger partial charge in [-0.1, -0.05) is 60.7 Å². The Morgan fingerprint density at radius 3 is 2.46 bits per heavy atom. The van der Waals surface area contributed by atoms with Crippen LogP contribution >= 0.6 is 0 Å². The fraction of sp³-hybridized carbons (Fsp3) is 0.0769. The van der Waals surface area contributed by atoms with Crippen LogP contribution in [0.15, 0.2) is 91.1 Å². The molecule has 0 fully saturated rings. The Balaban J connectivity index is 1.70. The highest BCUT2D eigenvalue weighted by Gasteiger charge is 2.37. The van der Waals surface area contributed by atoms with E-state index in [9.17, 15) is 0 Å². The van der Waals surface area contributed by atoms with Crippen LogP contribution in [0.4, 0.5) is 5.69 Å². The zero-order valence-corrected chi connectivity index (χ0v) is 15.7. The van der Waals surface area contributed by atoms with Gasteiger partial charge in [0.15, 0.2) is 0 Å². The predicted octanol–water partition coefficient (Wildman–Crippen LogP) is 6.21. The molecular weight excluding hydrogens is 340 g/mol. The second-order valence-electron chi connectivity index (χ2n) is 7.59. The van der Waals surface area contributed by atoms with Crippen molar-refractivity contribution in [2.45, 2.75) is 13.0 Å². The Labute approximate surface area is 165 Å². The maximum atomic E-state index is 2.52. The van der Waals surface area contributed by atoms with E-state index in [2.05, 4.69) is 114 Å². The van der Waals surface area contributed by atoms with Crippen molar-refractivity contribution in [2.75, 3.05) is 4.90 Å². The number of hydrogen-bond acceptors (Lipinski definition) is 1. The highest BCUT2D eigenvalue weighted by Crippen LogP contribution is 2.50. The van der Waals surface area contributed by atoms with Crippen molar-refractivity contribution in [3.05, 3.63) is 119 Å². The second kappa shape index (κ2) is 5.74. The van der Waals surface area contributed by atoms with Gasteiger partial charge in [-0.05, 0) is 59.5 Å². The van der Waals surface area contributed by atoms with Crippen LogP contribution in [0.3, 0.4) is 0 Å². The van der Waals surface area contributed by atoms with Crippen molar-refractivity contribution in [1.29, 1.82) is 0 Å². The summed E-state index contributed by atoms with van der Waals surface area (Å²) in [6.07, 6.45) is 4.53. The molecule has 0 saturated heterocycles. The third kappa shape index (κ3) is 2.09. The van der Waals surface area contributed by atoms with Crippen molar-refractivity contribution in [1.82, 2.24) is 4.57 Å². The number of fused-ring (bicyclic) bond motifs is 8. The molecule has 0 radical (unpaired) electrons. The molecule has 0 spiro atoms. The zero-order valence-electron chi connectivity index (χ0n) is 15.7. The predicted molar refractivity (Wildman–Crippen MR) is 116 cm³/mol. The van der Waals surface area contributed by atoms with Gasteiger partial charge in [-0.15, -0.1) is 0 Å². The molecule has 0 saturated carbocycles. The fourth-order valence-electron chi connectivity index (χ4n) is 4.64. The van der Waals surface area contributed by atoms with E-state index in [-0.39, 0.29) is 6.04 Å². The summed E-state index contributed by atoms with van der Waals surface area (Å²) < 4.78 is 2.36. The summed E-state index contributed by atoms with van der Waals surface area (Å²) in [6.45, 7) is 2.16. The largest absolute Gasteiger partial charge is 0.326 e. The van der Waals surface area contributed by atoms with Crippen LogP contribution < -0.4 is 4.90 Å². The lowest BCUT2D eigenvalue weighted by Crippen LogP contribution is -2.36. The average molecular weight is 360 g/mol. The Bertz CT molecular complexity index is 1230. The third-order valence-corrected chi connectivity index (χ3v) is 5.88. The van der Waals surface area contributed by atoms with Gasteiger partial charge >= 0.3 is 0 Å². The first-order chi connectivity index (χ1) is 13.8. The first-order valence-electron chi connectivity index (χ1n) is 9.75. The number of hydrogen-bond donors (Lipinski definition) is 0. The monoisotopic (exact) mass is 360 g/mol. The van der Waals surface area contributed by atoms with Gasteiger partial charge in [0.2, 0.25) is 0 Å². The summed E-state index contributed by atoms with van der Waals surface area (Å²) in [5.41, 5.74) is 10.2. The van der Waals surface area contributed by atoms with Crippen molar-refractivity contribution in [3.63, 3.8) is 0 Å². The summed E-state index contributed by atoms with van der Waals surface area (Å²) in [5.74, 6) is 0. The normalized spacial score (nSPS) is 16.5. The number of aryl methyl sites for hydroxylation is 1. The molecule has 2 aliphatic heterocycles. The molecule has 134 valence electrons. The van der Waals surface area contributed by atoms with Crippen LogP contribution in [0, 0.1) is 6.92 Å². The Hall–Kier alpha value is -3.52. The quantitative estimate of drug-likeness (QED) is 0.392. The molecule has 1 unspecified atom stereocenters. The van der Waals surface area contributed by atoms with Crippen molar-refractivity contribution >= 4 is 17.5 Å². The minimum atomic E-state index is 0.168. The number of nitrogens with zero attached hydrogens (tertiary/aromatic N) is 2. The minimum Gasteiger partial charge on any atom is -0.326 e. The van der Waals surface area contributed by atoms with Crippen LogP contribution in [0.25, 0.3) is 17.5 Å². The van der Waals surface area contributed by atoms with Crippen LogP contribution in [-0.4, -0.2) is 4.57 Å². The van der Waals surface area contributed by atoms with Gasteiger partial charge in [0.1, 0.15) is 6.04 Å². The first kappa shape index (κ1) is 15.5. The Morgan fingerprint density at radius 2 is 1.57 bits per heavy atom. The molecule has 0 aliphatic carbocycles. The van der Waals surface area contributed by atoms with Crippen LogP contribution in [0.2, 0.25) is 0 Å². The number of anilines is 1. The maximum Gasteiger partial charge on any atom is 0.100 e. The van der Waals surface area contributed by atoms with Crippen molar-refractivity contribution in [3.8, 4) is 5.69 Å². The molecule has 0 bridgehead atoms. The van der Waals surface area contributed by atoms with Gasteiger partial charge in [-0.3, -0.25) is 0 Å². The molecule has 28 heavy (non-hydrogen) atoms. The molecule has 0 N–H and O–H groups in total. The molecule has 0 amide bonds. The van der Waals surface area contributed by atoms with E-state index in [1.807, 2.05) is 0 Å². The molecule has 2 heteroatoms. The van der Waals surface area contributed by atoms with E-state index < -0.39 is 0 Å². The highest BCUT2D eigenvalue weighted by atomic mass is 15.3. The summed E-state index contributed by atoms with van der Waals surface area (Å²) in [6, 6.07) is 30.9. The van der Waals surface area contributed by atoms with Gasteiger partial charge in [-0.25, -0.2) is 0 Å². The van der Waals surface area contributed by atoms with E-state index in [0.29, 0.717) is 0 Å². The molecular formula is C26H20N2. The van der Waals surface area contributed by atoms with Crippen molar-refractivity contribution in [2.24, 2.45) is 0 Å². The average Bonchev–Trinajstić information content (AvgIpc) is 3.23. The smallest absolute Gasteiger partial charge is 0.100 e. The molecule has 1 aromatic heterocycles. The fourth-order valence-corrected chi connectivity index (χ4v) is 4.64. The van der Waals surface area contributed by atoms with E-state index in [4.69, 9.17) is 0 Å². The van der Waals surface area contributed by atoms with Gasteiger partial charge in [0.25, 0.3) is 0 Å². The second-order valence-corrected chi connectivity index (χ2v) is 7.59. The first-order valence-corrected chi connectivity index (χ1v) is 9.75. The van der Waals surface area contributed by atoms with E-state index in [1.165, 1.54) is 45.0 Å². The van der Waals surface area contributed by atoms with E-state index >= 15 is 0 Å². The topological polar surface area (TPSA) is 8.17 Å². The van der Waals surface area contributed by atoms with Crippen molar-refractivity contribution < 1.29 is 0 Å². The number of aromatic nitrogens is 1. The van der Waals surface area contributed by atoms with Gasteiger partial charge in [-0.2, -0.15) is 0 Å². The maximum absolute atomic E-state index is 2.52. The lowest BCUT2D eigenvalue weighted by molar-refractivity contribution is 0.727. The summed E-state index contributed by atoms with van der Waals surface area (Å²) >= 11 is 0. The van der Waals surface area contributed by atoms with Gasteiger partial charge in [0, 0.05) is 6.20 Å².